The van der Waals surface area contributed by atoms with E-state index in [-0.39, 0.29) is 37.9 Å². The SMILES string of the molecule is C=CCC1CC1(NC(=O)C1CCCN1C(=O)C(CC(=N)N=NCC(=O)OCC)NC(=O)OC(C)(C)C)C(=O)OCC. The van der Waals surface area contributed by atoms with Crippen LogP contribution in [0.15, 0.2) is 22.9 Å². The molecule has 2 fully saturated rings. The molecule has 4 unspecified atom stereocenters. The van der Waals surface area contributed by atoms with Crippen LogP contribution in [-0.2, 0) is 33.4 Å². The maximum absolute atomic E-state index is 13.7. The number of amidine groups is 1. The number of esters is 2. The van der Waals surface area contributed by atoms with Crippen LogP contribution in [0.4, 0.5) is 4.79 Å². The number of azo groups is 1. The molecule has 14 heteroatoms. The summed E-state index contributed by atoms with van der Waals surface area (Å²) < 4.78 is 15.3. The molecule has 0 bridgehead atoms. The molecule has 41 heavy (non-hydrogen) atoms. The molecule has 2 rings (SSSR count). The average molecular weight is 579 g/mol. The van der Waals surface area contributed by atoms with Gasteiger partial charge in [-0.1, -0.05) is 6.08 Å². The lowest BCUT2D eigenvalue weighted by molar-refractivity contribution is -0.150. The highest BCUT2D eigenvalue weighted by Gasteiger charge is 2.62. The molecule has 0 spiro atoms. The van der Waals surface area contributed by atoms with Crippen molar-refractivity contribution in [2.45, 2.75) is 89.9 Å². The summed E-state index contributed by atoms with van der Waals surface area (Å²) in [5.41, 5.74) is -2.03. The van der Waals surface area contributed by atoms with Gasteiger partial charge in [-0.15, -0.1) is 11.7 Å². The van der Waals surface area contributed by atoms with Crippen LogP contribution in [-0.4, -0.2) is 90.1 Å². The first kappa shape index (κ1) is 33.4. The predicted molar refractivity (Wildman–Crippen MR) is 147 cm³/mol. The van der Waals surface area contributed by atoms with E-state index in [0.29, 0.717) is 25.7 Å². The van der Waals surface area contributed by atoms with Crippen LogP contribution >= 0.6 is 0 Å². The fourth-order valence-electron chi connectivity index (χ4n) is 4.60. The molecule has 2 aliphatic rings. The molecule has 0 aromatic heterocycles. The lowest BCUT2D eigenvalue weighted by atomic mass is 10.1. The maximum atomic E-state index is 13.7. The van der Waals surface area contributed by atoms with E-state index in [9.17, 15) is 24.0 Å². The van der Waals surface area contributed by atoms with Gasteiger partial charge >= 0.3 is 18.0 Å². The van der Waals surface area contributed by atoms with Gasteiger partial charge in [0.1, 0.15) is 29.1 Å². The lowest BCUT2D eigenvalue weighted by Gasteiger charge is -2.30. The van der Waals surface area contributed by atoms with Gasteiger partial charge in [-0.2, -0.15) is 5.11 Å². The van der Waals surface area contributed by atoms with E-state index in [0.717, 1.165) is 0 Å². The third kappa shape index (κ3) is 9.64. The maximum Gasteiger partial charge on any atom is 0.408 e. The summed E-state index contributed by atoms with van der Waals surface area (Å²) in [7, 11) is 0. The Kier molecular flexibility index (Phi) is 12.0. The van der Waals surface area contributed by atoms with Crippen LogP contribution in [0.2, 0.25) is 0 Å². The molecule has 0 radical (unpaired) electrons. The van der Waals surface area contributed by atoms with Crippen molar-refractivity contribution in [2.24, 2.45) is 16.1 Å². The Labute approximate surface area is 240 Å². The van der Waals surface area contributed by atoms with Gasteiger partial charge in [0.05, 0.1) is 13.2 Å². The van der Waals surface area contributed by atoms with E-state index in [1.54, 1.807) is 40.7 Å². The van der Waals surface area contributed by atoms with Gasteiger partial charge in [0.25, 0.3) is 0 Å². The molecule has 0 aromatic carbocycles. The van der Waals surface area contributed by atoms with Gasteiger partial charge in [0.2, 0.25) is 11.8 Å². The Morgan fingerprint density at radius 3 is 2.46 bits per heavy atom. The third-order valence-electron chi connectivity index (χ3n) is 6.46. The summed E-state index contributed by atoms with van der Waals surface area (Å²) in [4.78, 5) is 65.2. The highest BCUT2D eigenvalue weighted by molar-refractivity contribution is 5.97. The minimum absolute atomic E-state index is 0.157. The second kappa shape index (κ2) is 14.7. The molecule has 1 saturated carbocycles. The van der Waals surface area contributed by atoms with Crippen LogP contribution in [0, 0.1) is 11.3 Å². The molecular formula is C27H42N6O8. The van der Waals surface area contributed by atoms with Crippen LogP contribution in [0.25, 0.3) is 0 Å². The number of likely N-dealkylation sites (tertiary alicyclic amines) is 1. The normalized spacial score (nSPS) is 22.4. The zero-order valence-electron chi connectivity index (χ0n) is 24.5. The number of rotatable bonds is 13. The number of allylic oxidation sites excluding steroid dienone is 1. The van der Waals surface area contributed by atoms with Crippen LogP contribution in [0.3, 0.4) is 0 Å². The largest absolute Gasteiger partial charge is 0.465 e. The first-order chi connectivity index (χ1) is 19.3. The molecule has 3 amide bonds. The second-order valence-electron chi connectivity index (χ2n) is 10.9. The number of carbonyl (C=O) groups is 5. The minimum atomic E-state index is -1.30. The standard InChI is InChI=1S/C27H42N6O8/c1-7-11-17-15-27(17,24(37)40-9-3)31-22(35)19-12-10-13-33(19)23(36)18(30-25(38)41-26(4,5)6)14-20(28)32-29-16-21(34)39-8-2/h7,17-19,28H,1,8-16H2,2-6H3,(H,30,38)(H,31,35). The van der Waals surface area contributed by atoms with Crippen molar-refractivity contribution in [1.29, 1.82) is 5.41 Å². The summed E-state index contributed by atoms with van der Waals surface area (Å²) in [6, 6.07) is -2.21. The van der Waals surface area contributed by atoms with E-state index >= 15 is 0 Å². The average Bonchev–Trinajstić information content (AvgIpc) is 3.32. The molecule has 1 aliphatic heterocycles. The number of nitrogens with one attached hydrogen (secondary N) is 3. The van der Waals surface area contributed by atoms with Gasteiger partial charge in [-0.05, 0) is 66.2 Å². The van der Waals surface area contributed by atoms with Gasteiger partial charge in [-0.25, -0.2) is 14.4 Å². The van der Waals surface area contributed by atoms with E-state index < -0.39 is 59.6 Å². The van der Waals surface area contributed by atoms with Gasteiger partial charge < -0.3 is 29.7 Å². The summed E-state index contributed by atoms with van der Waals surface area (Å²) in [6.07, 6.45) is 2.19. The molecule has 1 saturated heterocycles. The Hall–Kier alpha value is -3.84. The second-order valence-corrected chi connectivity index (χ2v) is 10.9. The van der Waals surface area contributed by atoms with E-state index in [1.807, 2.05) is 0 Å². The fraction of sp³-hybridized carbons (Fsp3) is 0.704. The van der Waals surface area contributed by atoms with Crippen LogP contribution in [0.5, 0.6) is 0 Å². The summed E-state index contributed by atoms with van der Waals surface area (Å²) in [5, 5.41) is 20.7. The summed E-state index contributed by atoms with van der Waals surface area (Å²) >= 11 is 0. The highest BCUT2D eigenvalue weighted by Crippen LogP contribution is 2.47. The zero-order valence-corrected chi connectivity index (χ0v) is 24.5. The Bertz CT molecular complexity index is 1050. The Morgan fingerprint density at radius 2 is 1.85 bits per heavy atom. The fourth-order valence-corrected chi connectivity index (χ4v) is 4.60. The first-order valence-electron chi connectivity index (χ1n) is 13.8. The van der Waals surface area contributed by atoms with Gasteiger partial charge in [-0.3, -0.25) is 15.0 Å². The number of ether oxygens (including phenoxy) is 3. The Morgan fingerprint density at radius 1 is 1.17 bits per heavy atom. The number of hydrogen-bond donors (Lipinski definition) is 3. The Balaban J connectivity index is 2.20. The topological polar surface area (TPSA) is 189 Å². The van der Waals surface area contributed by atoms with Crippen molar-refractivity contribution in [3.05, 3.63) is 12.7 Å². The molecule has 228 valence electrons. The van der Waals surface area contributed by atoms with Crippen molar-refractivity contribution >= 4 is 35.7 Å². The molecule has 4 atom stereocenters. The molecular weight excluding hydrogens is 536 g/mol. The van der Waals surface area contributed by atoms with Crippen LogP contribution < -0.4 is 10.6 Å². The number of carbonyl (C=O) groups excluding carboxylic acids is 5. The third-order valence-corrected chi connectivity index (χ3v) is 6.46. The van der Waals surface area contributed by atoms with E-state index in [1.165, 1.54) is 4.90 Å². The lowest BCUT2D eigenvalue weighted by Crippen LogP contribution is -2.57. The van der Waals surface area contributed by atoms with E-state index in [2.05, 4.69) is 27.4 Å². The van der Waals surface area contributed by atoms with E-state index in [4.69, 9.17) is 19.6 Å². The quantitative estimate of drug-likeness (QED) is 0.0740. The van der Waals surface area contributed by atoms with Crippen molar-refractivity contribution in [1.82, 2.24) is 15.5 Å². The molecule has 0 aromatic rings. The number of nitrogens with zero attached hydrogens (tertiary/aromatic N) is 3. The van der Waals surface area contributed by atoms with Gasteiger partial charge in [0, 0.05) is 13.0 Å². The van der Waals surface area contributed by atoms with Crippen molar-refractivity contribution in [2.75, 3.05) is 26.3 Å². The number of amides is 3. The minimum Gasteiger partial charge on any atom is -0.465 e. The molecule has 3 N–H and O–H groups in total. The number of alkyl carbamates (subject to hydrolysis) is 1. The monoisotopic (exact) mass is 578 g/mol. The first-order valence-corrected chi connectivity index (χ1v) is 13.8. The van der Waals surface area contributed by atoms with Crippen molar-refractivity contribution in [3.63, 3.8) is 0 Å². The highest BCUT2D eigenvalue weighted by atomic mass is 16.6. The van der Waals surface area contributed by atoms with Crippen LogP contribution in [0.1, 0.15) is 66.7 Å². The van der Waals surface area contributed by atoms with Crippen molar-refractivity contribution < 1.29 is 38.2 Å². The molecule has 14 nitrogen and oxygen atoms in total. The van der Waals surface area contributed by atoms with Crippen molar-refractivity contribution in [3.8, 4) is 0 Å². The number of hydrogen-bond acceptors (Lipinski definition) is 10. The molecule has 1 heterocycles. The summed E-state index contributed by atoms with van der Waals surface area (Å²) in [6.45, 7) is 12.2. The zero-order chi connectivity index (χ0) is 30.8. The molecule has 1 aliphatic carbocycles. The summed E-state index contributed by atoms with van der Waals surface area (Å²) in [5.74, 6) is -2.81. The smallest absolute Gasteiger partial charge is 0.408 e. The predicted octanol–water partition coefficient (Wildman–Crippen LogP) is 2.27. The van der Waals surface area contributed by atoms with Gasteiger partial charge in [0.15, 0.2) is 6.54 Å².